The highest BCUT2D eigenvalue weighted by Crippen LogP contribution is 2.02. The molecule has 1 heterocycles. The Hall–Kier alpha value is -2.11. The third-order valence-corrected chi connectivity index (χ3v) is 2.37. The summed E-state index contributed by atoms with van der Waals surface area (Å²) in [6, 6.07) is 3.00. The van der Waals surface area contributed by atoms with Gasteiger partial charge in [0.15, 0.2) is 6.61 Å². The third-order valence-electron chi connectivity index (χ3n) is 2.37. The molecule has 1 aromatic rings. The van der Waals surface area contributed by atoms with Crippen LogP contribution in [0.3, 0.4) is 0 Å². The lowest BCUT2D eigenvalue weighted by atomic mass is 10.1. The number of carbonyl (C=O) groups excluding carboxylic acids is 2. The van der Waals surface area contributed by atoms with E-state index in [4.69, 9.17) is 10.5 Å². The summed E-state index contributed by atoms with van der Waals surface area (Å²) in [4.78, 5) is 26.7. The molecule has 0 aliphatic carbocycles. The first-order valence-corrected chi connectivity index (χ1v) is 6.14. The number of hydrogen-bond acceptors (Lipinski definition) is 5. The number of pyridine rings is 1. The van der Waals surface area contributed by atoms with Gasteiger partial charge in [-0.2, -0.15) is 0 Å². The quantitative estimate of drug-likeness (QED) is 0.748. The standard InChI is InChI=1S/C13H19N3O3/c1-9(2)5-6-15-12(17)8-19-13(18)11-4-3-10(14)7-16-11/h3-4,7,9H,5-6,8,14H2,1-2H3,(H,15,17). The van der Waals surface area contributed by atoms with Crippen LogP contribution in [-0.2, 0) is 9.53 Å². The number of nitrogens with one attached hydrogen (secondary N) is 1. The molecule has 0 aromatic carbocycles. The van der Waals surface area contributed by atoms with Crippen LogP contribution in [0.1, 0.15) is 30.8 Å². The summed E-state index contributed by atoms with van der Waals surface area (Å²) in [7, 11) is 0. The second kappa shape index (κ2) is 7.35. The fraction of sp³-hybridized carbons (Fsp3) is 0.462. The zero-order valence-electron chi connectivity index (χ0n) is 11.2. The Morgan fingerprint density at radius 2 is 2.16 bits per heavy atom. The predicted molar refractivity (Wildman–Crippen MR) is 71.4 cm³/mol. The van der Waals surface area contributed by atoms with Gasteiger partial charge in [-0.25, -0.2) is 9.78 Å². The summed E-state index contributed by atoms with van der Waals surface area (Å²) in [5, 5.41) is 2.67. The van der Waals surface area contributed by atoms with Gasteiger partial charge in [0.25, 0.3) is 5.91 Å². The molecule has 104 valence electrons. The molecule has 0 unspecified atom stereocenters. The molecule has 3 N–H and O–H groups in total. The normalized spacial score (nSPS) is 10.3. The van der Waals surface area contributed by atoms with E-state index in [0.717, 1.165) is 6.42 Å². The van der Waals surface area contributed by atoms with Crippen molar-refractivity contribution in [2.24, 2.45) is 5.92 Å². The first-order chi connectivity index (χ1) is 8.99. The van der Waals surface area contributed by atoms with Crippen LogP contribution in [0.2, 0.25) is 0 Å². The van der Waals surface area contributed by atoms with Crippen molar-refractivity contribution in [3.8, 4) is 0 Å². The van der Waals surface area contributed by atoms with E-state index < -0.39 is 5.97 Å². The maximum atomic E-state index is 11.5. The van der Waals surface area contributed by atoms with E-state index in [0.29, 0.717) is 18.2 Å². The van der Waals surface area contributed by atoms with Crippen molar-refractivity contribution in [3.05, 3.63) is 24.0 Å². The Balaban J connectivity index is 2.30. The van der Waals surface area contributed by atoms with Crippen molar-refractivity contribution in [2.75, 3.05) is 18.9 Å². The number of anilines is 1. The van der Waals surface area contributed by atoms with E-state index >= 15 is 0 Å². The third kappa shape index (κ3) is 5.85. The summed E-state index contributed by atoms with van der Waals surface area (Å²) in [5.41, 5.74) is 6.04. The van der Waals surface area contributed by atoms with Gasteiger partial charge in [-0.3, -0.25) is 4.79 Å². The lowest BCUT2D eigenvalue weighted by molar-refractivity contribution is -0.124. The Morgan fingerprint density at radius 3 is 2.74 bits per heavy atom. The van der Waals surface area contributed by atoms with Crippen LogP contribution in [0.5, 0.6) is 0 Å². The Bertz CT molecular complexity index is 429. The molecule has 0 fully saturated rings. The van der Waals surface area contributed by atoms with Crippen LogP contribution in [0, 0.1) is 5.92 Å². The summed E-state index contributed by atoms with van der Waals surface area (Å²) in [6.45, 7) is 4.41. The molecule has 0 saturated heterocycles. The molecule has 0 saturated carbocycles. The van der Waals surface area contributed by atoms with E-state index in [2.05, 4.69) is 24.1 Å². The van der Waals surface area contributed by atoms with Gasteiger partial charge in [0.1, 0.15) is 5.69 Å². The average Bonchev–Trinajstić information content (AvgIpc) is 2.36. The summed E-state index contributed by atoms with van der Waals surface area (Å²) >= 11 is 0. The number of nitrogens with two attached hydrogens (primary N) is 1. The van der Waals surface area contributed by atoms with Crippen LogP contribution in [-0.4, -0.2) is 30.0 Å². The van der Waals surface area contributed by atoms with Gasteiger partial charge in [-0.05, 0) is 24.5 Å². The zero-order chi connectivity index (χ0) is 14.3. The minimum absolute atomic E-state index is 0.129. The maximum absolute atomic E-state index is 11.5. The first kappa shape index (κ1) is 14.9. The SMILES string of the molecule is CC(C)CCNC(=O)COC(=O)c1ccc(N)cn1. The van der Waals surface area contributed by atoms with Crippen molar-refractivity contribution in [1.82, 2.24) is 10.3 Å². The molecule has 0 radical (unpaired) electrons. The minimum atomic E-state index is -0.640. The molecule has 0 atom stereocenters. The molecule has 1 amide bonds. The summed E-state index contributed by atoms with van der Waals surface area (Å²) in [5.74, 6) is -0.440. The molecular formula is C13H19N3O3. The Kier molecular flexibility index (Phi) is 5.78. The van der Waals surface area contributed by atoms with Gasteiger partial charge < -0.3 is 15.8 Å². The molecule has 0 bridgehead atoms. The smallest absolute Gasteiger partial charge is 0.357 e. The number of hydrogen-bond donors (Lipinski definition) is 2. The predicted octanol–water partition coefficient (Wildman–Crippen LogP) is 0.983. The second-order valence-corrected chi connectivity index (χ2v) is 4.59. The van der Waals surface area contributed by atoms with E-state index in [-0.39, 0.29) is 18.2 Å². The van der Waals surface area contributed by atoms with Crippen LogP contribution >= 0.6 is 0 Å². The van der Waals surface area contributed by atoms with Crippen LogP contribution in [0.15, 0.2) is 18.3 Å². The Labute approximate surface area is 112 Å². The van der Waals surface area contributed by atoms with Crippen LogP contribution in [0.25, 0.3) is 0 Å². The minimum Gasteiger partial charge on any atom is -0.451 e. The second-order valence-electron chi connectivity index (χ2n) is 4.59. The monoisotopic (exact) mass is 265 g/mol. The highest BCUT2D eigenvalue weighted by molar-refractivity contribution is 5.89. The topological polar surface area (TPSA) is 94.3 Å². The van der Waals surface area contributed by atoms with E-state index in [1.807, 2.05) is 0 Å². The van der Waals surface area contributed by atoms with Crippen LogP contribution in [0.4, 0.5) is 5.69 Å². The fourth-order valence-corrected chi connectivity index (χ4v) is 1.28. The number of amides is 1. The van der Waals surface area contributed by atoms with Gasteiger partial charge >= 0.3 is 5.97 Å². The highest BCUT2D eigenvalue weighted by Gasteiger charge is 2.11. The van der Waals surface area contributed by atoms with Crippen molar-refractivity contribution in [2.45, 2.75) is 20.3 Å². The molecule has 19 heavy (non-hydrogen) atoms. The molecule has 6 nitrogen and oxygen atoms in total. The number of ether oxygens (including phenoxy) is 1. The molecule has 0 spiro atoms. The lowest BCUT2D eigenvalue weighted by Crippen LogP contribution is -2.30. The summed E-state index contributed by atoms with van der Waals surface area (Å²) < 4.78 is 4.83. The first-order valence-electron chi connectivity index (χ1n) is 6.14. The van der Waals surface area contributed by atoms with Crippen molar-refractivity contribution in [1.29, 1.82) is 0 Å². The highest BCUT2D eigenvalue weighted by atomic mass is 16.5. The number of nitrogen functional groups attached to an aromatic ring is 1. The van der Waals surface area contributed by atoms with Gasteiger partial charge in [-0.1, -0.05) is 13.8 Å². The van der Waals surface area contributed by atoms with E-state index in [1.54, 1.807) is 6.07 Å². The van der Waals surface area contributed by atoms with E-state index in [9.17, 15) is 9.59 Å². The molecule has 0 aliphatic heterocycles. The largest absolute Gasteiger partial charge is 0.451 e. The fourth-order valence-electron chi connectivity index (χ4n) is 1.28. The number of nitrogens with zero attached hydrogens (tertiary/aromatic N) is 1. The van der Waals surface area contributed by atoms with Crippen molar-refractivity contribution < 1.29 is 14.3 Å². The van der Waals surface area contributed by atoms with Crippen LogP contribution < -0.4 is 11.1 Å². The number of aromatic nitrogens is 1. The number of carbonyl (C=O) groups is 2. The number of esters is 1. The molecule has 1 aromatic heterocycles. The maximum Gasteiger partial charge on any atom is 0.357 e. The van der Waals surface area contributed by atoms with Crippen molar-refractivity contribution in [3.63, 3.8) is 0 Å². The Morgan fingerprint density at radius 1 is 1.42 bits per heavy atom. The average molecular weight is 265 g/mol. The van der Waals surface area contributed by atoms with Gasteiger partial charge in [0.2, 0.25) is 0 Å². The lowest BCUT2D eigenvalue weighted by Gasteiger charge is -2.07. The molecular weight excluding hydrogens is 246 g/mol. The van der Waals surface area contributed by atoms with Gasteiger partial charge in [0, 0.05) is 6.54 Å². The van der Waals surface area contributed by atoms with Gasteiger partial charge in [0.05, 0.1) is 11.9 Å². The molecule has 1 rings (SSSR count). The molecule has 0 aliphatic rings. The zero-order valence-corrected chi connectivity index (χ0v) is 11.2. The summed E-state index contributed by atoms with van der Waals surface area (Å²) in [6.07, 6.45) is 2.25. The van der Waals surface area contributed by atoms with E-state index in [1.165, 1.54) is 12.3 Å². The van der Waals surface area contributed by atoms with Gasteiger partial charge in [-0.15, -0.1) is 0 Å². The van der Waals surface area contributed by atoms with Crippen molar-refractivity contribution >= 4 is 17.6 Å². The molecule has 6 heteroatoms. The number of rotatable bonds is 6.